The Morgan fingerprint density at radius 2 is 2.18 bits per heavy atom. The number of nitrogens with two attached hydrogens (primary N) is 1. The van der Waals surface area contributed by atoms with Crippen LogP contribution in [0.5, 0.6) is 0 Å². The van der Waals surface area contributed by atoms with Crippen LogP contribution in [-0.2, 0) is 0 Å². The second-order valence-corrected chi connectivity index (χ2v) is 5.37. The summed E-state index contributed by atoms with van der Waals surface area (Å²) in [5.41, 5.74) is 8.99. The van der Waals surface area contributed by atoms with Gasteiger partial charge in [-0.05, 0) is 37.8 Å². The van der Waals surface area contributed by atoms with Crippen molar-refractivity contribution in [3.63, 3.8) is 0 Å². The molecule has 2 unspecified atom stereocenters. The number of piperidine rings is 1. The molecular weight excluding hydrogens is 208 g/mol. The normalized spacial score (nSPS) is 26.1. The maximum atomic E-state index is 6.18. The standard InChI is InChI=1S/C15H24N2/c1-3-7-17-10-14(9-15(16)11-17)13-6-4-5-12(2)8-13/h4-6,8,14-15H,3,7,9-11,16H2,1-2H3. The van der Waals surface area contributed by atoms with Crippen molar-refractivity contribution in [1.29, 1.82) is 0 Å². The average Bonchev–Trinajstić information content (AvgIpc) is 2.28. The van der Waals surface area contributed by atoms with Crippen molar-refractivity contribution in [3.8, 4) is 0 Å². The zero-order valence-electron chi connectivity index (χ0n) is 11.0. The number of likely N-dealkylation sites (tertiary alicyclic amines) is 1. The summed E-state index contributed by atoms with van der Waals surface area (Å²) in [7, 11) is 0. The molecule has 2 N–H and O–H groups in total. The Balaban J connectivity index is 2.09. The molecule has 2 rings (SSSR count). The Morgan fingerprint density at radius 1 is 1.35 bits per heavy atom. The van der Waals surface area contributed by atoms with Crippen molar-refractivity contribution in [2.45, 2.75) is 38.6 Å². The van der Waals surface area contributed by atoms with Crippen LogP contribution in [0.1, 0.15) is 36.8 Å². The second-order valence-electron chi connectivity index (χ2n) is 5.37. The molecule has 1 fully saturated rings. The molecule has 2 atom stereocenters. The number of rotatable bonds is 3. The maximum Gasteiger partial charge on any atom is 0.0174 e. The molecule has 1 aliphatic heterocycles. The molecule has 1 saturated heterocycles. The van der Waals surface area contributed by atoms with E-state index in [0.717, 1.165) is 13.0 Å². The molecule has 1 aromatic carbocycles. The predicted octanol–water partition coefficient (Wildman–Crippen LogP) is 2.52. The summed E-state index contributed by atoms with van der Waals surface area (Å²) < 4.78 is 0. The van der Waals surface area contributed by atoms with Crippen LogP contribution in [0.15, 0.2) is 24.3 Å². The molecule has 0 aliphatic carbocycles. The largest absolute Gasteiger partial charge is 0.327 e. The van der Waals surface area contributed by atoms with E-state index in [1.165, 1.54) is 30.6 Å². The highest BCUT2D eigenvalue weighted by molar-refractivity contribution is 5.26. The molecule has 0 saturated carbocycles. The monoisotopic (exact) mass is 232 g/mol. The van der Waals surface area contributed by atoms with E-state index in [0.29, 0.717) is 12.0 Å². The first kappa shape index (κ1) is 12.6. The topological polar surface area (TPSA) is 29.3 Å². The van der Waals surface area contributed by atoms with E-state index in [2.05, 4.69) is 43.0 Å². The Kier molecular flexibility index (Phi) is 4.19. The molecular formula is C15H24N2. The Labute approximate surface area is 105 Å². The number of hydrogen-bond acceptors (Lipinski definition) is 2. The van der Waals surface area contributed by atoms with Gasteiger partial charge in [0.1, 0.15) is 0 Å². The third-order valence-electron chi connectivity index (χ3n) is 3.61. The van der Waals surface area contributed by atoms with Gasteiger partial charge in [-0.3, -0.25) is 0 Å². The summed E-state index contributed by atoms with van der Waals surface area (Å²) in [6, 6.07) is 9.22. The van der Waals surface area contributed by atoms with Gasteiger partial charge >= 0.3 is 0 Å². The predicted molar refractivity (Wildman–Crippen MR) is 73.2 cm³/mol. The van der Waals surface area contributed by atoms with Crippen LogP contribution in [0.2, 0.25) is 0 Å². The number of aryl methyl sites for hydroxylation is 1. The molecule has 0 amide bonds. The van der Waals surface area contributed by atoms with Crippen LogP contribution >= 0.6 is 0 Å². The smallest absolute Gasteiger partial charge is 0.0174 e. The fourth-order valence-electron chi connectivity index (χ4n) is 2.90. The molecule has 1 aliphatic rings. The third kappa shape index (κ3) is 3.30. The highest BCUT2D eigenvalue weighted by Gasteiger charge is 2.25. The molecule has 0 aromatic heterocycles. The van der Waals surface area contributed by atoms with E-state index in [-0.39, 0.29) is 0 Å². The number of benzene rings is 1. The molecule has 94 valence electrons. The lowest BCUT2D eigenvalue weighted by molar-refractivity contribution is 0.189. The van der Waals surface area contributed by atoms with E-state index >= 15 is 0 Å². The van der Waals surface area contributed by atoms with Crippen LogP contribution in [0.25, 0.3) is 0 Å². The van der Waals surface area contributed by atoms with Gasteiger partial charge in [-0.2, -0.15) is 0 Å². The second kappa shape index (κ2) is 5.65. The van der Waals surface area contributed by atoms with Crippen LogP contribution in [-0.4, -0.2) is 30.6 Å². The molecule has 1 aromatic rings. The van der Waals surface area contributed by atoms with Gasteiger partial charge in [0.25, 0.3) is 0 Å². The van der Waals surface area contributed by atoms with Crippen molar-refractivity contribution in [1.82, 2.24) is 4.90 Å². The van der Waals surface area contributed by atoms with Crippen LogP contribution < -0.4 is 5.73 Å². The average molecular weight is 232 g/mol. The van der Waals surface area contributed by atoms with Crippen molar-refractivity contribution < 1.29 is 0 Å². The van der Waals surface area contributed by atoms with Gasteiger partial charge in [0, 0.05) is 19.1 Å². The lowest BCUT2D eigenvalue weighted by Crippen LogP contribution is -2.46. The summed E-state index contributed by atoms with van der Waals surface area (Å²) in [4.78, 5) is 2.52. The first-order valence-electron chi connectivity index (χ1n) is 6.73. The third-order valence-corrected chi connectivity index (χ3v) is 3.61. The van der Waals surface area contributed by atoms with Gasteiger partial charge in [0.2, 0.25) is 0 Å². The van der Waals surface area contributed by atoms with Gasteiger partial charge in [-0.25, -0.2) is 0 Å². The molecule has 0 bridgehead atoms. The molecule has 2 heteroatoms. The van der Waals surface area contributed by atoms with E-state index in [9.17, 15) is 0 Å². The highest BCUT2D eigenvalue weighted by atomic mass is 15.1. The summed E-state index contributed by atoms with van der Waals surface area (Å²) in [6.45, 7) is 7.81. The van der Waals surface area contributed by atoms with Crippen molar-refractivity contribution in [3.05, 3.63) is 35.4 Å². The lowest BCUT2D eigenvalue weighted by Gasteiger charge is -2.36. The van der Waals surface area contributed by atoms with Crippen LogP contribution in [0.4, 0.5) is 0 Å². The maximum absolute atomic E-state index is 6.18. The summed E-state index contributed by atoms with van der Waals surface area (Å²) in [5, 5.41) is 0. The first-order chi connectivity index (χ1) is 8.19. The Morgan fingerprint density at radius 3 is 2.88 bits per heavy atom. The summed E-state index contributed by atoms with van der Waals surface area (Å²) in [6.07, 6.45) is 2.34. The Hall–Kier alpha value is -0.860. The molecule has 0 radical (unpaired) electrons. The molecule has 0 spiro atoms. The van der Waals surface area contributed by atoms with Gasteiger partial charge in [-0.15, -0.1) is 0 Å². The lowest BCUT2D eigenvalue weighted by atomic mass is 9.87. The zero-order valence-corrected chi connectivity index (χ0v) is 11.0. The fourth-order valence-corrected chi connectivity index (χ4v) is 2.90. The SMILES string of the molecule is CCCN1CC(N)CC(c2cccc(C)c2)C1. The van der Waals surface area contributed by atoms with Crippen LogP contribution in [0.3, 0.4) is 0 Å². The van der Waals surface area contributed by atoms with Crippen molar-refractivity contribution >= 4 is 0 Å². The number of nitrogens with zero attached hydrogens (tertiary/aromatic N) is 1. The van der Waals surface area contributed by atoms with Gasteiger partial charge in [0.05, 0.1) is 0 Å². The minimum absolute atomic E-state index is 0.334. The van der Waals surface area contributed by atoms with Crippen molar-refractivity contribution in [2.75, 3.05) is 19.6 Å². The minimum Gasteiger partial charge on any atom is -0.327 e. The Bertz CT molecular complexity index is 362. The summed E-state index contributed by atoms with van der Waals surface area (Å²) >= 11 is 0. The van der Waals surface area contributed by atoms with Gasteiger partial charge < -0.3 is 10.6 Å². The highest BCUT2D eigenvalue weighted by Crippen LogP contribution is 2.26. The number of hydrogen-bond donors (Lipinski definition) is 1. The van der Waals surface area contributed by atoms with E-state index in [1.807, 2.05) is 0 Å². The molecule has 2 nitrogen and oxygen atoms in total. The molecule has 1 heterocycles. The van der Waals surface area contributed by atoms with E-state index in [1.54, 1.807) is 0 Å². The van der Waals surface area contributed by atoms with E-state index < -0.39 is 0 Å². The van der Waals surface area contributed by atoms with E-state index in [4.69, 9.17) is 5.73 Å². The van der Waals surface area contributed by atoms with Gasteiger partial charge in [0.15, 0.2) is 0 Å². The quantitative estimate of drug-likeness (QED) is 0.867. The minimum atomic E-state index is 0.334. The zero-order chi connectivity index (χ0) is 12.3. The van der Waals surface area contributed by atoms with Gasteiger partial charge in [-0.1, -0.05) is 36.8 Å². The summed E-state index contributed by atoms with van der Waals surface area (Å²) in [5.74, 6) is 0.616. The first-order valence-corrected chi connectivity index (χ1v) is 6.73. The fraction of sp³-hybridized carbons (Fsp3) is 0.600. The molecule has 17 heavy (non-hydrogen) atoms. The van der Waals surface area contributed by atoms with Crippen LogP contribution in [0, 0.1) is 6.92 Å². The van der Waals surface area contributed by atoms with Crippen molar-refractivity contribution in [2.24, 2.45) is 5.73 Å².